The fraction of sp³-hybridized carbons (Fsp3) is 0.467. The molecule has 1 aromatic carbocycles. The van der Waals surface area contributed by atoms with Crippen molar-refractivity contribution in [2.75, 3.05) is 0 Å². The lowest BCUT2D eigenvalue weighted by atomic mass is 10.1. The highest BCUT2D eigenvalue weighted by Gasteiger charge is 2.21. The fourth-order valence-corrected chi connectivity index (χ4v) is 1.75. The van der Waals surface area contributed by atoms with Gasteiger partial charge in [0.05, 0.1) is 4.92 Å². The monoisotopic (exact) mass is 323 g/mol. The molecule has 0 aliphatic carbocycles. The summed E-state index contributed by atoms with van der Waals surface area (Å²) in [7, 11) is 0. The number of nitrogens with one attached hydrogen (secondary N) is 2. The van der Waals surface area contributed by atoms with E-state index in [1.165, 1.54) is 25.1 Å². The molecule has 1 aromatic rings. The third-order valence-electron chi connectivity index (χ3n) is 2.77. The first kappa shape index (κ1) is 18.4. The number of hydrogen-bond acceptors (Lipinski definition) is 5. The number of ether oxygens (including phenoxy) is 1. The van der Waals surface area contributed by atoms with Gasteiger partial charge in [-0.05, 0) is 46.8 Å². The number of urea groups is 1. The topological polar surface area (TPSA) is 111 Å². The fourth-order valence-electron chi connectivity index (χ4n) is 1.75. The lowest BCUT2D eigenvalue weighted by molar-refractivity contribution is -0.385. The summed E-state index contributed by atoms with van der Waals surface area (Å²) in [6, 6.07) is 3.57. The summed E-state index contributed by atoms with van der Waals surface area (Å²) < 4.78 is 5.41. The van der Waals surface area contributed by atoms with Crippen LogP contribution in [-0.4, -0.2) is 28.5 Å². The van der Waals surface area contributed by atoms with E-state index in [0.717, 1.165) is 0 Å². The van der Waals surface area contributed by atoms with Crippen molar-refractivity contribution in [1.82, 2.24) is 10.6 Å². The highest BCUT2D eigenvalue weighted by Crippen LogP contribution is 2.23. The van der Waals surface area contributed by atoms with E-state index in [9.17, 15) is 19.7 Å². The Morgan fingerprint density at radius 2 is 1.91 bits per heavy atom. The van der Waals surface area contributed by atoms with Crippen molar-refractivity contribution in [3.8, 4) is 5.75 Å². The normalized spacial score (nSPS) is 12.2. The van der Waals surface area contributed by atoms with E-state index in [1.807, 2.05) is 0 Å². The Kier molecular flexibility index (Phi) is 5.67. The largest absolute Gasteiger partial charge is 0.481 e. The van der Waals surface area contributed by atoms with Crippen LogP contribution in [0.25, 0.3) is 0 Å². The summed E-state index contributed by atoms with van der Waals surface area (Å²) in [6.07, 6.45) is -0.929. The molecule has 0 bridgehead atoms. The molecule has 0 fully saturated rings. The number of nitrogens with zero attached hydrogens (tertiary/aromatic N) is 1. The van der Waals surface area contributed by atoms with Gasteiger partial charge in [0.2, 0.25) is 0 Å². The van der Waals surface area contributed by atoms with Gasteiger partial charge in [-0.1, -0.05) is 0 Å². The summed E-state index contributed by atoms with van der Waals surface area (Å²) in [5, 5.41) is 15.5. The van der Waals surface area contributed by atoms with Gasteiger partial charge in [0.25, 0.3) is 11.6 Å². The van der Waals surface area contributed by atoms with Gasteiger partial charge in [0, 0.05) is 17.2 Å². The van der Waals surface area contributed by atoms with Crippen LogP contribution in [0.15, 0.2) is 18.2 Å². The number of rotatable bonds is 4. The lowest BCUT2D eigenvalue weighted by Gasteiger charge is -2.21. The highest BCUT2D eigenvalue weighted by molar-refractivity contribution is 5.96. The van der Waals surface area contributed by atoms with Gasteiger partial charge in [-0.2, -0.15) is 0 Å². The van der Waals surface area contributed by atoms with Crippen LogP contribution in [-0.2, 0) is 4.79 Å². The van der Waals surface area contributed by atoms with Crippen LogP contribution < -0.4 is 15.4 Å². The van der Waals surface area contributed by atoms with Crippen LogP contribution in [0.4, 0.5) is 10.5 Å². The van der Waals surface area contributed by atoms with E-state index in [2.05, 4.69) is 10.6 Å². The van der Waals surface area contributed by atoms with E-state index in [-0.39, 0.29) is 5.69 Å². The van der Waals surface area contributed by atoms with Crippen molar-refractivity contribution in [2.45, 2.75) is 46.3 Å². The smallest absolute Gasteiger partial charge is 0.321 e. The number of carbonyl (C=O) groups is 2. The van der Waals surface area contributed by atoms with Crippen LogP contribution in [0.5, 0.6) is 5.75 Å². The van der Waals surface area contributed by atoms with Crippen LogP contribution >= 0.6 is 0 Å². The summed E-state index contributed by atoms with van der Waals surface area (Å²) in [5.41, 5.74) is -0.0752. The number of benzene rings is 1. The first-order valence-corrected chi connectivity index (χ1v) is 7.04. The van der Waals surface area contributed by atoms with Crippen molar-refractivity contribution in [1.29, 1.82) is 0 Å². The summed E-state index contributed by atoms with van der Waals surface area (Å²) in [5.74, 6) is -0.297. The molecule has 0 radical (unpaired) electrons. The third-order valence-corrected chi connectivity index (χ3v) is 2.77. The zero-order chi connectivity index (χ0) is 17.8. The van der Waals surface area contributed by atoms with Gasteiger partial charge in [-0.25, -0.2) is 4.79 Å². The second-order valence-corrected chi connectivity index (χ2v) is 6.16. The Labute approximate surface area is 134 Å². The van der Waals surface area contributed by atoms with Crippen molar-refractivity contribution in [3.63, 3.8) is 0 Å². The summed E-state index contributed by atoms with van der Waals surface area (Å²) in [4.78, 5) is 33.8. The zero-order valence-corrected chi connectivity index (χ0v) is 13.8. The minimum absolute atomic E-state index is 0.0287. The molecular weight excluding hydrogens is 302 g/mol. The molecule has 23 heavy (non-hydrogen) atoms. The van der Waals surface area contributed by atoms with E-state index in [1.54, 1.807) is 27.7 Å². The number of nitro groups is 1. The van der Waals surface area contributed by atoms with Gasteiger partial charge in [0.1, 0.15) is 5.75 Å². The number of hydrogen-bond donors (Lipinski definition) is 2. The molecule has 0 aromatic heterocycles. The predicted octanol–water partition coefficient (Wildman–Crippen LogP) is 2.29. The maximum Gasteiger partial charge on any atom is 0.321 e. The van der Waals surface area contributed by atoms with E-state index in [0.29, 0.717) is 11.3 Å². The van der Waals surface area contributed by atoms with E-state index >= 15 is 0 Å². The van der Waals surface area contributed by atoms with Crippen molar-refractivity contribution in [2.24, 2.45) is 0 Å². The molecule has 0 spiro atoms. The number of amides is 3. The van der Waals surface area contributed by atoms with Gasteiger partial charge < -0.3 is 10.1 Å². The maximum atomic E-state index is 11.9. The van der Waals surface area contributed by atoms with E-state index in [4.69, 9.17) is 4.74 Å². The molecule has 2 N–H and O–H groups in total. The molecule has 0 heterocycles. The van der Waals surface area contributed by atoms with Crippen LogP contribution in [0, 0.1) is 17.0 Å². The van der Waals surface area contributed by atoms with E-state index < -0.39 is 28.5 Å². The van der Waals surface area contributed by atoms with Crippen LogP contribution in [0.2, 0.25) is 0 Å². The third kappa shape index (κ3) is 5.93. The number of imide groups is 1. The summed E-state index contributed by atoms with van der Waals surface area (Å²) >= 11 is 0. The lowest BCUT2D eigenvalue weighted by Crippen LogP contribution is -2.50. The zero-order valence-electron chi connectivity index (χ0n) is 13.8. The Bertz CT molecular complexity index is 622. The molecule has 0 aliphatic rings. The average Bonchev–Trinajstić information content (AvgIpc) is 2.35. The van der Waals surface area contributed by atoms with Crippen LogP contribution in [0.1, 0.15) is 33.3 Å². The number of nitro benzene ring substituents is 1. The highest BCUT2D eigenvalue weighted by atomic mass is 16.6. The van der Waals surface area contributed by atoms with Crippen LogP contribution in [0.3, 0.4) is 0 Å². The molecule has 0 saturated carbocycles. The molecule has 0 saturated heterocycles. The first-order chi connectivity index (χ1) is 10.5. The number of carbonyl (C=O) groups excluding carboxylic acids is 2. The predicted molar refractivity (Wildman–Crippen MR) is 84.4 cm³/mol. The first-order valence-electron chi connectivity index (χ1n) is 7.04. The van der Waals surface area contributed by atoms with Crippen molar-refractivity contribution >= 4 is 17.6 Å². The summed E-state index contributed by atoms with van der Waals surface area (Å²) in [6.45, 7) is 8.42. The van der Waals surface area contributed by atoms with Crippen molar-refractivity contribution < 1.29 is 19.2 Å². The van der Waals surface area contributed by atoms with Gasteiger partial charge in [-0.15, -0.1) is 0 Å². The minimum Gasteiger partial charge on any atom is -0.481 e. The molecule has 8 heteroatoms. The molecule has 1 rings (SSSR count). The quantitative estimate of drug-likeness (QED) is 0.652. The molecule has 8 nitrogen and oxygen atoms in total. The second kappa shape index (κ2) is 7.08. The molecule has 0 unspecified atom stereocenters. The molecular formula is C15H21N3O5. The Morgan fingerprint density at radius 3 is 2.39 bits per heavy atom. The molecule has 3 amide bonds. The molecule has 0 aliphatic heterocycles. The Morgan fingerprint density at radius 1 is 1.30 bits per heavy atom. The standard InChI is InChI=1S/C15H21N3O5/c1-9-8-11(6-7-12(9)18(21)22)23-10(2)13(19)16-14(20)17-15(3,4)5/h6-8,10H,1-5H3,(H2,16,17,19,20)/t10-/m0/s1. The molecule has 1 atom stereocenters. The van der Waals surface area contributed by atoms with Gasteiger partial charge in [-0.3, -0.25) is 20.2 Å². The number of aryl methyl sites for hydroxylation is 1. The second-order valence-electron chi connectivity index (χ2n) is 6.16. The maximum absolute atomic E-state index is 11.9. The van der Waals surface area contributed by atoms with Gasteiger partial charge in [0.15, 0.2) is 6.10 Å². The average molecular weight is 323 g/mol. The Hall–Kier alpha value is -2.64. The minimum atomic E-state index is -0.929. The molecule has 126 valence electrons. The van der Waals surface area contributed by atoms with Gasteiger partial charge >= 0.3 is 6.03 Å². The Balaban J connectivity index is 2.67. The van der Waals surface area contributed by atoms with Crippen molar-refractivity contribution in [3.05, 3.63) is 33.9 Å². The SMILES string of the molecule is Cc1cc(O[C@@H](C)C(=O)NC(=O)NC(C)(C)C)ccc1[N+](=O)[O-].